The monoisotopic (exact) mass is 242 g/mol. The molecule has 0 radical (unpaired) electrons. The van der Waals surface area contributed by atoms with Gasteiger partial charge in [0.05, 0.1) is 0 Å². The topological polar surface area (TPSA) is 0 Å². The van der Waals surface area contributed by atoms with E-state index in [1.165, 1.54) is 11.1 Å². The molecule has 0 bridgehead atoms. The fraction of sp³-hybridized carbons (Fsp3) is 0.273. The highest BCUT2D eigenvalue weighted by Crippen LogP contribution is 2.33. The first-order valence-corrected chi connectivity index (χ1v) is 9.13. The molecule has 0 spiro atoms. The van der Waals surface area contributed by atoms with Gasteiger partial charge in [-0.15, -0.1) is 0 Å². The SMILES string of the molecule is Cl[SiH](Cl)CCC1C=Cc2ccccc21. The molecular formula is C11H12Cl2Si. The van der Waals surface area contributed by atoms with Crippen molar-refractivity contribution in [2.45, 2.75) is 18.4 Å². The summed E-state index contributed by atoms with van der Waals surface area (Å²) >= 11 is 11.7. The minimum Gasteiger partial charge on any atom is -0.150 e. The van der Waals surface area contributed by atoms with E-state index in [-0.39, 0.29) is 0 Å². The average molecular weight is 243 g/mol. The molecule has 1 atom stereocenters. The lowest BCUT2D eigenvalue weighted by atomic mass is 9.99. The van der Waals surface area contributed by atoms with Crippen LogP contribution in [0.3, 0.4) is 0 Å². The second-order valence-corrected chi connectivity index (χ2v) is 8.75. The Morgan fingerprint density at radius 3 is 2.79 bits per heavy atom. The normalized spacial score (nSPS) is 18.9. The molecule has 0 aromatic heterocycles. The molecule has 1 aliphatic carbocycles. The molecule has 1 aromatic rings. The van der Waals surface area contributed by atoms with Crippen molar-refractivity contribution in [3.8, 4) is 0 Å². The summed E-state index contributed by atoms with van der Waals surface area (Å²) in [6, 6.07) is 9.51. The lowest BCUT2D eigenvalue weighted by Gasteiger charge is -2.10. The molecule has 0 aliphatic heterocycles. The third-order valence-corrected chi connectivity index (χ3v) is 4.68. The molecule has 2 rings (SSSR count). The molecule has 1 unspecified atom stereocenters. The minimum atomic E-state index is -1.43. The average Bonchev–Trinajstić information content (AvgIpc) is 2.58. The van der Waals surface area contributed by atoms with Gasteiger partial charge in [0.2, 0.25) is 7.42 Å². The number of halogens is 2. The fourth-order valence-electron chi connectivity index (χ4n) is 1.88. The summed E-state index contributed by atoms with van der Waals surface area (Å²) in [6.07, 6.45) is 5.55. The van der Waals surface area contributed by atoms with Gasteiger partial charge in [-0.1, -0.05) is 36.4 Å². The largest absolute Gasteiger partial charge is 0.237 e. The summed E-state index contributed by atoms with van der Waals surface area (Å²) < 4.78 is 0. The van der Waals surface area contributed by atoms with Crippen LogP contribution < -0.4 is 0 Å². The zero-order valence-corrected chi connectivity index (χ0v) is 10.5. The van der Waals surface area contributed by atoms with E-state index < -0.39 is 7.42 Å². The van der Waals surface area contributed by atoms with Gasteiger partial charge < -0.3 is 0 Å². The van der Waals surface area contributed by atoms with Crippen LogP contribution in [0.25, 0.3) is 6.08 Å². The molecule has 0 saturated heterocycles. The zero-order valence-electron chi connectivity index (χ0n) is 7.79. The first-order valence-electron chi connectivity index (χ1n) is 4.82. The van der Waals surface area contributed by atoms with Crippen LogP contribution in [0, 0.1) is 0 Å². The summed E-state index contributed by atoms with van der Waals surface area (Å²) in [5.74, 6) is 0.540. The predicted octanol–water partition coefficient (Wildman–Crippen LogP) is 3.89. The summed E-state index contributed by atoms with van der Waals surface area (Å²) in [6.45, 7) is 0. The van der Waals surface area contributed by atoms with Crippen molar-refractivity contribution in [1.82, 2.24) is 0 Å². The zero-order chi connectivity index (χ0) is 9.97. The van der Waals surface area contributed by atoms with Crippen LogP contribution in [0.4, 0.5) is 0 Å². The summed E-state index contributed by atoms with van der Waals surface area (Å²) in [5, 5.41) is 0. The first kappa shape index (κ1) is 10.3. The highest BCUT2D eigenvalue weighted by atomic mass is 35.7. The van der Waals surface area contributed by atoms with Crippen LogP contribution >= 0.6 is 22.2 Å². The van der Waals surface area contributed by atoms with Gasteiger partial charge in [-0.2, -0.15) is 22.2 Å². The predicted molar refractivity (Wildman–Crippen MR) is 66.5 cm³/mol. The molecule has 0 saturated carbocycles. The van der Waals surface area contributed by atoms with Crippen molar-refractivity contribution in [3.63, 3.8) is 0 Å². The van der Waals surface area contributed by atoms with E-state index in [0.29, 0.717) is 5.92 Å². The van der Waals surface area contributed by atoms with Crippen molar-refractivity contribution >= 4 is 35.7 Å². The molecule has 0 fully saturated rings. The molecule has 1 aliphatic rings. The first-order chi connectivity index (χ1) is 6.77. The Labute approximate surface area is 95.6 Å². The molecule has 0 amide bonds. The van der Waals surface area contributed by atoms with Crippen LogP contribution in [0.15, 0.2) is 30.3 Å². The smallest absolute Gasteiger partial charge is 0.150 e. The number of allylic oxidation sites excluding steroid dienone is 1. The molecular weight excluding hydrogens is 231 g/mol. The van der Waals surface area contributed by atoms with Crippen LogP contribution in [0.5, 0.6) is 0 Å². The van der Waals surface area contributed by atoms with E-state index in [1.54, 1.807) is 0 Å². The van der Waals surface area contributed by atoms with Crippen molar-refractivity contribution in [3.05, 3.63) is 41.5 Å². The van der Waals surface area contributed by atoms with Gasteiger partial charge in [0, 0.05) is 5.92 Å². The van der Waals surface area contributed by atoms with Gasteiger partial charge in [-0.3, -0.25) is 0 Å². The Morgan fingerprint density at radius 2 is 2.00 bits per heavy atom. The maximum absolute atomic E-state index is 5.86. The molecule has 0 heterocycles. The minimum absolute atomic E-state index is 0.540. The Hall–Kier alpha value is -0.243. The van der Waals surface area contributed by atoms with Crippen LogP contribution in [-0.4, -0.2) is 7.42 Å². The van der Waals surface area contributed by atoms with E-state index in [2.05, 4.69) is 36.4 Å². The molecule has 0 N–H and O–H groups in total. The fourth-order valence-corrected chi connectivity index (χ4v) is 3.25. The lowest BCUT2D eigenvalue weighted by Crippen LogP contribution is -1.98. The second-order valence-electron chi connectivity index (χ2n) is 3.56. The van der Waals surface area contributed by atoms with Gasteiger partial charge in [-0.25, -0.2) is 0 Å². The standard InChI is InChI=1S/C11H12Cl2Si/c12-14(13)8-7-10-6-5-9-3-1-2-4-11(9)10/h1-6,10,14H,7-8H2. The van der Waals surface area contributed by atoms with Gasteiger partial charge in [-0.05, 0) is 23.6 Å². The van der Waals surface area contributed by atoms with E-state index in [1.807, 2.05) is 0 Å². The Bertz CT molecular complexity index is 347. The number of hydrogen-bond donors (Lipinski definition) is 0. The lowest BCUT2D eigenvalue weighted by molar-refractivity contribution is 0.815. The van der Waals surface area contributed by atoms with E-state index in [0.717, 1.165) is 12.5 Å². The molecule has 14 heavy (non-hydrogen) atoms. The van der Waals surface area contributed by atoms with Gasteiger partial charge in [0.15, 0.2) is 0 Å². The molecule has 74 valence electrons. The Morgan fingerprint density at radius 1 is 1.21 bits per heavy atom. The van der Waals surface area contributed by atoms with Crippen LogP contribution in [0.1, 0.15) is 23.5 Å². The van der Waals surface area contributed by atoms with Gasteiger partial charge in [0.25, 0.3) is 0 Å². The highest BCUT2D eigenvalue weighted by molar-refractivity contribution is 7.33. The quantitative estimate of drug-likeness (QED) is 0.558. The summed E-state index contributed by atoms with van der Waals surface area (Å²) in [5.41, 5.74) is 2.77. The van der Waals surface area contributed by atoms with E-state index in [4.69, 9.17) is 22.2 Å². The third-order valence-electron chi connectivity index (χ3n) is 2.60. The van der Waals surface area contributed by atoms with Gasteiger partial charge in [0.1, 0.15) is 0 Å². The number of rotatable bonds is 3. The second kappa shape index (κ2) is 4.52. The van der Waals surface area contributed by atoms with Crippen LogP contribution in [0.2, 0.25) is 6.04 Å². The number of hydrogen-bond acceptors (Lipinski definition) is 0. The summed E-state index contributed by atoms with van der Waals surface area (Å²) in [4.78, 5) is 0. The van der Waals surface area contributed by atoms with Gasteiger partial charge >= 0.3 is 0 Å². The Balaban J connectivity index is 2.07. The molecule has 1 aromatic carbocycles. The van der Waals surface area contributed by atoms with E-state index in [9.17, 15) is 0 Å². The van der Waals surface area contributed by atoms with Crippen molar-refractivity contribution in [2.75, 3.05) is 0 Å². The number of fused-ring (bicyclic) bond motifs is 1. The number of benzene rings is 1. The Kier molecular flexibility index (Phi) is 3.32. The maximum Gasteiger partial charge on any atom is 0.237 e. The van der Waals surface area contributed by atoms with Crippen LogP contribution in [-0.2, 0) is 0 Å². The molecule has 3 heteroatoms. The molecule has 0 nitrogen and oxygen atoms in total. The summed E-state index contributed by atoms with van der Waals surface area (Å²) in [7, 11) is -1.43. The van der Waals surface area contributed by atoms with E-state index >= 15 is 0 Å². The third kappa shape index (κ3) is 2.22. The van der Waals surface area contributed by atoms with Crippen molar-refractivity contribution < 1.29 is 0 Å². The highest BCUT2D eigenvalue weighted by Gasteiger charge is 2.17. The maximum atomic E-state index is 5.86. The van der Waals surface area contributed by atoms with Crippen molar-refractivity contribution in [1.29, 1.82) is 0 Å². The van der Waals surface area contributed by atoms with Crippen molar-refractivity contribution in [2.24, 2.45) is 0 Å².